The highest BCUT2D eigenvalue weighted by atomic mass is 32.2. The molecule has 2 unspecified atom stereocenters. The summed E-state index contributed by atoms with van der Waals surface area (Å²) in [6, 6.07) is 4.36. The predicted molar refractivity (Wildman–Crippen MR) is 68.0 cm³/mol. The Morgan fingerprint density at radius 1 is 1.56 bits per heavy atom. The van der Waals surface area contributed by atoms with Crippen LogP contribution < -0.4 is 5.32 Å². The Morgan fingerprint density at radius 3 is 3.00 bits per heavy atom. The van der Waals surface area contributed by atoms with Gasteiger partial charge in [-0.3, -0.25) is 4.21 Å². The molecule has 1 rings (SSSR count). The third kappa shape index (κ3) is 5.47. The van der Waals surface area contributed by atoms with E-state index in [1.54, 1.807) is 6.26 Å². The molecule has 0 amide bonds. The summed E-state index contributed by atoms with van der Waals surface area (Å²) in [5, 5.41) is 3.38. The smallest absolute Gasteiger partial charge is 0.103 e. The maximum absolute atomic E-state index is 11.2. The number of aryl methyl sites for hydroxylation is 1. The Bertz CT molecular complexity index is 298. The molecule has 0 fully saturated rings. The summed E-state index contributed by atoms with van der Waals surface area (Å²) in [4.78, 5) is 0. The van der Waals surface area contributed by atoms with Gasteiger partial charge in [0.1, 0.15) is 5.76 Å². The molecular weight excluding hydrogens is 222 g/mol. The van der Waals surface area contributed by atoms with E-state index < -0.39 is 10.8 Å². The van der Waals surface area contributed by atoms with Crippen LogP contribution in [0.5, 0.6) is 0 Å². The van der Waals surface area contributed by atoms with Gasteiger partial charge >= 0.3 is 0 Å². The Hall–Kier alpha value is -0.610. The number of rotatable bonds is 8. The van der Waals surface area contributed by atoms with Gasteiger partial charge in [0.2, 0.25) is 0 Å². The highest BCUT2D eigenvalue weighted by Gasteiger charge is 2.04. The van der Waals surface area contributed by atoms with Crippen molar-refractivity contribution < 1.29 is 8.63 Å². The van der Waals surface area contributed by atoms with Crippen molar-refractivity contribution in [3.8, 4) is 0 Å². The average molecular weight is 243 g/mol. The first kappa shape index (κ1) is 13.5. The van der Waals surface area contributed by atoms with E-state index in [9.17, 15) is 4.21 Å². The van der Waals surface area contributed by atoms with Crippen LogP contribution in [0.4, 0.5) is 0 Å². The highest BCUT2D eigenvalue weighted by molar-refractivity contribution is 7.84. The first-order valence-electron chi connectivity index (χ1n) is 5.83. The molecular formula is C12H21NO2S. The van der Waals surface area contributed by atoms with Crippen LogP contribution in [0.25, 0.3) is 0 Å². The molecule has 1 heterocycles. The van der Waals surface area contributed by atoms with E-state index >= 15 is 0 Å². The Kier molecular flexibility index (Phi) is 6.42. The average Bonchev–Trinajstić information content (AvgIpc) is 2.79. The second kappa shape index (κ2) is 7.63. The molecule has 0 aliphatic heterocycles. The lowest BCUT2D eigenvalue weighted by Gasteiger charge is -2.12. The minimum absolute atomic E-state index is 0.443. The van der Waals surface area contributed by atoms with Crippen LogP contribution in [0.2, 0.25) is 0 Å². The molecule has 0 aliphatic rings. The van der Waals surface area contributed by atoms with E-state index in [1.165, 1.54) is 0 Å². The van der Waals surface area contributed by atoms with Crippen LogP contribution in [0.3, 0.4) is 0 Å². The van der Waals surface area contributed by atoms with Gasteiger partial charge in [0.25, 0.3) is 0 Å². The maximum atomic E-state index is 11.2. The van der Waals surface area contributed by atoms with Crippen molar-refractivity contribution in [1.29, 1.82) is 0 Å². The Balaban J connectivity index is 2.07. The summed E-state index contributed by atoms with van der Waals surface area (Å²) < 4.78 is 16.5. The summed E-state index contributed by atoms with van der Waals surface area (Å²) in [5.74, 6) is 2.54. The van der Waals surface area contributed by atoms with Crippen molar-refractivity contribution in [3.63, 3.8) is 0 Å². The van der Waals surface area contributed by atoms with Gasteiger partial charge in [-0.25, -0.2) is 0 Å². The van der Waals surface area contributed by atoms with Crippen LogP contribution in [0.15, 0.2) is 22.8 Å². The third-order valence-electron chi connectivity index (χ3n) is 2.55. The first-order valence-corrected chi connectivity index (χ1v) is 7.32. The van der Waals surface area contributed by atoms with Crippen molar-refractivity contribution >= 4 is 10.8 Å². The summed E-state index contributed by atoms with van der Waals surface area (Å²) in [7, 11) is -0.658. The fourth-order valence-corrected chi connectivity index (χ4v) is 2.11. The number of hydrogen-bond donors (Lipinski definition) is 1. The maximum Gasteiger partial charge on any atom is 0.103 e. The SMILES string of the molecule is CCS(=O)CCNC(C)CCc1ccco1. The van der Waals surface area contributed by atoms with Crippen LogP contribution in [0, 0.1) is 0 Å². The van der Waals surface area contributed by atoms with Crippen molar-refractivity contribution in [3.05, 3.63) is 24.2 Å². The first-order chi connectivity index (χ1) is 7.72. The second-order valence-corrected chi connectivity index (χ2v) is 5.77. The fourth-order valence-electron chi connectivity index (χ4n) is 1.48. The van der Waals surface area contributed by atoms with E-state index in [2.05, 4.69) is 12.2 Å². The molecule has 0 saturated carbocycles. The van der Waals surface area contributed by atoms with Gasteiger partial charge in [0.15, 0.2) is 0 Å². The van der Waals surface area contributed by atoms with Gasteiger partial charge in [-0.2, -0.15) is 0 Å². The molecule has 0 saturated heterocycles. The number of nitrogens with one attached hydrogen (secondary N) is 1. The van der Waals surface area contributed by atoms with Gasteiger partial charge in [-0.1, -0.05) is 6.92 Å². The van der Waals surface area contributed by atoms with Gasteiger partial charge in [0.05, 0.1) is 6.26 Å². The zero-order valence-corrected chi connectivity index (χ0v) is 10.9. The normalized spacial score (nSPS) is 14.9. The van der Waals surface area contributed by atoms with Gasteiger partial charge in [-0.15, -0.1) is 0 Å². The molecule has 0 aromatic carbocycles. The summed E-state index contributed by atoms with van der Waals surface area (Å²) >= 11 is 0. The molecule has 1 aromatic rings. The van der Waals surface area contributed by atoms with E-state index in [1.807, 2.05) is 19.1 Å². The second-order valence-electron chi connectivity index (χ2n) is 3.91. The number of hydrogen-bond acceptors (Lipinski definition) is 3. The number of furan rings is 1. The summed E-state index contributed by atoms with van der Waals surface area (Å²) in [6.45, 7) is 4.94. The molecule has 92 valence electrons. The summed E-state index contributed by atoms with van der Waals surface area (Å²) in [5.41, 5.74) is 0. The topological polar surface area (TPSA) is 42.2 Å². The van der Waals surface area contributed by atoms with Crippen LogP contribution in [0.1, 0.15) is 26.0 Å². The molecule has 0 bridgehead atoms. The molecule has 0 aliphatic carbocycles. The molecule has 4 heteroatoms. The van der Waals surface area contributed by atoms with Crippen molar-refractivity contribution in [2.75, 3.05) is 18.1 Å². The highest BCUT2D eigenvalue weighted by Crippen LogP contribution is 2.05. The lowest BCUT2D eigenvalue weighted by Crippen LogP contribution is -2.30. The van der Waals surface area contributed by atoms with Gasteiger partial charge in [0, 0.05) is 41.3 Å². The van der Waals surface area contributed by atoms with Gasteiger partial charge in [-0.05, 0) is 25.5 Å². The van der Waals surface area contributed by atoms with E-state index in [0.29, 0.717) is 6.04 Å². The molecule has 16 heavy (non-hydrogen) atoms. The zero-order valence-electron chi connectivity index (χ0n) is 10.1. The molecule has 0 spiro atoms. The summed E-state index contributed by atoms with van der Waals surface area (Å²) in [6.07, 6.45) is 3.71. The third-order valence-corrected chi connectivity index (χ3v) is 3.85. The largest absolute Gasteiger partial charge is 0.469 e. The van der Waals surface area contributed by atoms with Crippen molar-refractivity contribution in [2.45, 2.75) is 32.7 Å². The van der Waals surface area contributed by atoms with Crippen LogP contribution in [-0.4, -0.2) is 28.3 Å². The quantitative estimate of drug-likeness (QED) is 0.759. The van der Waals surface area contributed by atoms with Crippen LogP contribution >= 0.6 is 0 Å². The predicted octanol–water partition coefficient (Wildman–Crippen LogP) is 1.96. The van der Waals surface area contributed by atoms with E-state index in [4.69, 9.17) is 4.42 Å². The van der Waals surface area contributed by atoms with E-state index in [-0.39, 0.29) is 0 Å². The van der Waals surface area contributed by atoms with Gasteiger partial charge < -0.3 is 9.73 Å². The molecule has 1 N–H and O–H groups in total. The zero-order chi connectivity index (χ0) is 11.8. The molecule has 2 atom stereocenters. The Labute approximate surface area is 100 Å². The molecule has 1 aromatic heterocycles. The monoisotopic (exact) mass is 243 g/mol. The molecule has 0 radical (unpaired) electrons. The van der Waals surface area contributed by atoms with Crippen molar-refractivity contribution in [2.24, 2.45) is 0 Å². The lowest BCUT2D eigenvalue weighted by molar-refractivity contribution is 0.466. The lowest BCUT2D eigenvalue weighted by atomic mass is 10.1. The Morgan fingerprint density at radius 2 is 2.38 bits per heavy atom. The fraction of sp³-hybridized carbons (Fsp3) is 0.667. The van der Waals surface area contributed by atoms with Crippen molar-refractivity contribution in [1.82, 2.24) is 5.32 Å². The molecule has 3 nitrogen and oxygen atoms in total. The minimum atomic E-state index is -0.658. The standard InChI is InChI=1S/C12H21NO2S/c1-3-16(14)10-8-13-11(2)6-7-12-5-4-9-15-12/h4-5,9,11,13H,3,6-8,10H2,1-2H3. The van der Waals surface area contributed by atoms with E-state index in [0.717, 1.165) is 36.7 Å². The minimum Gasteiger partial charge on any atom is -0.469 e. The van der Waals surface area contributed by atoms with Crippen LogP contribution in [-0.2, 0) is 17.2 Å².